The zero-order valence-corrected chi connectivity index (χ0v) is 15.7. The van der Waals surface area contributed by atoms with E-state index in [4.69, 9.17) is 0 Å². The monoisotopic (exact) mass is 351 g/mol. The van der Waals surface area contributed by atoms with Gasteiger partial charge >= 0.3 is 0 Å². The Morgan fingerprint density at radius 1 is 1.04 bits per heavy atom. The molecule has 0 spiro atoms. The van der Waals surface area contributed by atoms with Gasteiger partial charge in [0, 0.05) is 38.7 Å². The number of aromatic nitrogens is 2. The summed E-state index contributed by atoms with van der Waals surface area (Å²) < 4.78 is 0. The van der Waals surface area contributed by atoms with E-state index in [9.17, 15) is 0 Å². The molecule has 5 nitrogen and oxygen atoms in total. The Kier molecular flexibility index (Phi) is 5.46. The van der Waals surface area contributed by atoms with Crippen molar-refractivity contribution >= 4 is 5.82 Å². The molecule has 0 aliphatic carbocycles. The van der Waals surface area contributed by atoms with E-state index in [0.717, 1.165) is 44.8 Å². The van der Waals surface area contributed by atoms with Crippen LogP contribution in [0, 0.1) is 0 Å². The molecule has 1 aromatic heterocycles. The summed E-state index contributed by atoms with van der Waals surface area (Å²) in [5.41, 5.74) is 5.37. The van der Waals surface area contributed by atoms with Gasteiger partial charge in [0.05, 0.1) is 5.69 Å². The topological polar surface area (TPSA) is 44.3 Å². The third kappa shape index (κ3) is 3.89. The van der Waals surface area contributed by atoms with Gasteiger partial charge in [0.15, 0.2) is 0 Å². The van der Waals surface area contributed by atoms with E-state index in [1.165, 1.54) is 48.3 Å². The summed E-state index contributed by atoms with van der Waals surface area (Å²) in [6.07, 6.45) is 6.40. The number of likely N-dealkylation sites (tertiary alicyclic amines) is 1. The largest absolute Gasteiger partial charge is 0.355 e. The van der Waals surface area contributed by atoms with Crippen molar-refractivity contribution in [3.05, 3.63) is 53.0 Å². The number of benzene rings is 1. The lowest BCUT2D eigenvalue weighted by molar-refractivity contribution is 0.330. The smallest absolute Gasteiger partial charge is 0.135 e. The molecule has 0 amide bonds. The lowest BCUT2D eigenvalue weighted by Crippen LogP contribution is -2.24. The predicted octanol–water partition coefficient (Wildman–Crippen LogP) is 2.40. The second kappa shape index (κ2) is 8.14. The Morgan fingerprint density at radius 2 is 1.81 bits per heavy atom. The highest BCUT2D eigenvalue weighted by molar-refractivity contribution is 5.49. The SMILES string of the molecule is CN(Cc1ccccc1CN1CCCC1)c1ncnc2c1CCNCC2. The molecule has 2 aromatic rings. The molecule has 138 valence electrons. The van der Waals surface area contributed by atoms with Crippen molar-refractivity contribution < 1.29 is 0 Å². The molecule has 1 fully saturated rings. The van der Waals surface area contributed by atoms with Crippen LogP contribution in [0.1, 0.15) is 35.2 Å². The third-order valence-electron chi connectivity index (χ3n) is 5.58. The maximum Gasteiger partial charge on any atom is 0.135 e. The molecule has 1 saturated heterocycles. The summed E-state index contributed by atoms with van der Waals surface area (Å²) in [6, 6.07) is 8.87. The Hall–Kier alpha value is -1.98. The number of fused-ring (bicyclic) bond motifs is 1. The maximum atomic E-state index is 4.64. The van der Waals surface area contributed by atoms with Crippen LogP contribution in [0.2, 0.25) is 0 Å². The minimum atomic E-state index is 0.890. The van der Waals surface area contributed by atoms with Gasteiger partial charge < -0.3 is 10.2 Å². The van der Waals surface area contributed by atoms with Crippen LogP contribution >= 0.6 is 0 Å². The van der Waals surface area contributed by atoms with Crippen molar-refractivity contribution in [1.29, 1.82) is 0 Å². The molecule has 1 aromatic carbocycles. The minimum absolute atomic E-state index is 0.890. The van der Waals surface area contributed by atoms with Crippen LogP contribution in [0.15, 0.2) is 30.6 Å². The molecule has 1 N–H and O–H groups in total. The molecule has 0 bridgehead atoms. The van der Waals surface area contributed by atoms with Gasteiger partial charge in [-0.1, -0.05) is 24.3 Å². The zero-order chi connectivity index (χ0) is 17.8. The molecule has 0 saturated carbocycles. The van der Waals surface area contributed by atoms with Gasteiger partial charge in [-0.05, 0) is 50.0 Å². The third-order valence-corrected chi connectivity index (χ3v) is 5.58. The highest BCUT2D eigenvalue weighted by Crippen LogP contribution is 2.24. The molecule has 2 aliphatic heterocycles. The number of anilines is 1. The van der Waals surface area contributed by atoms with Crippen LogP contribution in [-0.2, 0) is 25.9 Å². The summed E-state index contributed by atoms with van der Waals surface area (Å²) in [5, 5.41) is 3.47. The van der Waals surface area contributed by atoms with E-state index in [1.54, 1.807) is 6.33 Å². The number of nitrogens with zero attached hydrogens (tertiary/aromatic N) is 4. The number of nitrogens with one attached hydrogen (secondary N) is 1. The molecule has 0 unspecified atom stereocenters. The second-order valence-electron chi connectivity index (χ2n) is 7.48. The van der Waals surface area contributed by atoms with Crippen LogP contribution < -0.4 is 10.2 Å². The number of hydrogen-bond donors (Lipinski definition) is 1. The first-order valence-electron chi connectivity index (χ1n) is 9.85. The lowest BCUT2D eigenvalue weighted by Gasteiger charge is -2.24. The Labute approximate surface area is 156 Å². The van der Waals surface area contributed by atoms with Crippen LogP contribution in [-0.4, -0.2) is 48.1 Å². The van der Waals surface area contributed by atoms with Crippen LogP contribution in [0.4, 0.5) is 5.82 Å². The van der Waals surface area contributed by atoms with E-state index < -0.39 is 0 Å². The molecule has 3 heterocycles. The predicted molar refractivity (Wildman–Crippen MR) is 105 cm³/mol. The van der Waals surface area contributed by atoms with Crippen molar-refractivity contribution in [1.82, 2.24) is 20.2 Å². The summed E-state index contributed by atoms with van der Waals surface area (Å²) >= 11 is 0. The molecule has 5 heteroatoms. The van der Waals surface area contributed by atoms with E-state index in [2.05, 4.69) is 56.4 Å². The Morgan fingerprint density at radius 3 is 2.65 bits per heavy atom. The van der Waals surface area contributed by atoms with Crippen LogP contribution in [0.25, 0.3) is 0 Å². The van der Waals surface area contributed by atoms with Crippen molar-refractivity contribution in [2.75, 3.05) is 38.1 Å². The first-order valence-corrected chi connectivity index (χ1v) is 9.85. The molecular formula is C21H29N5. The Balaban J connectivity index is 1.54. The van der Waals surface area contributed by atoms with Crippen molar-refractivity contribution in [3.63, 3.8) is 0 Å². The highest BCUT2D eigenvalue weighted by Gasteiger charge is 2.18. The first kappa shape index (κ1) is 17.4. The van der Waals surface area contributed by atoms with E-state index >= 15 is 0 Å². The van der Waals surface area contributed by atoms with Crippen LogP contribution in [0.5, 0.6) is 0 Å². The van der Waals surface area contributed by atoms with Crippen LogP contribution in [0.3, 0.4) is 0 Å². The van der Waals surface area contributed by atoms with E-state index in [1.807, 2.05) is 0 Å². The fraction of sp³-hybridized carbons (Fsp3) is 0.524. The van der Waals surface area contributed by atoms with Gasteiger partial charge in [-0.15, -0.1) is 0 Å². The maximum absolute atomic E-state index is 4.64. The first-order chi connectivity index (χ1) is 12.8. The summed E-state index contributed by atoms with van der Waals surface area (Å²) in [6.45, 7) is 6.43. The molecule has 26 heavy (non-hydrogen) atoms. The van der Waals surface area contributed by atoms with E-state index in [-0.39, 0.29) is 0 Å². The van der Waals surface area contributed by atoms with Gasteiger partial charge in [0.1, 0.15) is 12.1 Å². The van der Waals surface area contributed by atoms with Crippen molar-refractivity contribution in [3.8, 4) is 0 Å². The van der Waals surface area contributed by atoms with Gasteiger partial charge in [-0.3, -0.25) is 4.90 Å². The molecule has 2 aliphatic rings. The van der Waals surface area contributed by atoms with Gasteiger partial charge in [-0.2, -0.15) is 0 Å². The summed E-state index contributed by atoms with van der Waals surface area (Å²) in [7, 11) is 2.16. The van der Waals surface area contributed by atoms with E-state index in [0.29, 0.717) is 0 Å². The molecule has 4 rings (SSSR count). The molecule has 0 atom stereocenters. The fourth-order valence-corrected chi connectivity index (χ4v) is 4.16. The van der Waals surface area contributed by atoms with Crippen molar-refractivity contribution in [2.24, 2.45) is 0 Å². The average Bonchev–Trinajstić information content (AvgIpc) is 3.05. The molecular weight excluding hydrogens is 322 g/mol. The normalized spacial score (nSPS) is 17.7. The summed E-state index contributed by atoms with van der Waals surface area (Å²) in [5.74, 6) is 1.09. The van der Waals surface area contributed by atoms with Gasteiger partial charge in [-0.25, -0.2) is 9.97 Å². The van der Waals surface area contributed by atoms with Crippen molar-refractivity contribution in [2.45, 2.75) is 38.8 Å². The van der Waals surface area contributed by atoms with Gasteiger partial charge in [0.2, 0.25) is 0 Å². The highest BCUT2D eigenvalue weighted by atomic mass is 15.2. The minimum Gasteiger partial charge on any atom is -0.355 e. The number of hydrogen-bond acceptors (Lipinski definition) is 5. The summed E-state index contributed by atoms with van der Waals surface area (Å²) in [4.78, 5) is 14.0. The number of rotatable bonds is 5. The zero-order valence-electron chi connectivity index (χ0n) is 15.7. The average molecular weight is 351 g/mol. The second-order valence-corrected chi connectivity index (χ2v) is 7.48. The van der Waals surface area contributed by atoms with Gasteiger partial charge in [0.25, 0.3) is 0 Å². The lowest BCUT2D eigenvalue weighted by atomic mass is 10.1. The quantitative estimate of drug-likeness (QED) is 0.896. The fourth-order valence-electron chi connectivity index (χ4n) is 4.16. The Bertz CT molecular complexity index is 739. The standard InChI is InChI=1S/C21H29N5/c1-25(21-19-8-10-22-11-9-20(19)23-16-24-21)14-17-6-2-3-7-18(17)15-26-12-4-5-13-26/h2-3,6-7,16,22H,4-5,8-15H2,1H3. The molecule has 0 radical (unpaired) electrons.